The van der Waals surface area contributed by atoms with Gasteiger partial charge >= 0.3 is 5.97 Å². The van der Waals surface area contributed by atoms with Gasteiger partial charge in [0.2, 0.25) is 5.43 Å². The summed E-state index contributed by atoms with van der Waals surface area (Å²) in [6.45, 7) is 0.984. The number of benzene rings is 1. The van der Waals surface area contributed by atoms with Crippen molar-refractivity contribution in [2.45, 2.75) is 18.9 Å². The number of rotatable bonds is 2. The van der Waals surface area contributed by atoms with Gasteiger partial charge in [-0.2, -0.15) is 0 Å². The average molecular weight is 401 g/mol. The first-order valence-corrected chi connectivity index (χ1v) is 9.78. The van der Waals surface area contributed by atoms with Crippen LogP contribution in [0.15, 0.2) is 21.2 Å². The van der Waals surface area contributed by atoms with Crippen LogP contribution < -0.4 is 15.7 Å². The monoisotopic (exact) mass is 401 g/mol. The Kier molecular flexibility index (Phi) is 3.62. The normalized spacial score (nSPS) is 17.0. The molecule has 1 saturated heterocycles. The van der Waals surface area contributed by atoms with E-state index in [2.05, 4.69) is 4.99 Å². The fraction of sp³-hybridized carbons (Fsp3) is 0.316. The number of nitrogens with zero attached hydrogens (tertiary/aromatic N) is 3. The maximum absolute atomic E-state index is 15.3. The summed E-state index contributed by atoms with van der Waals surface area (Å²) in [4.78, 5) is 31.2. The van der Waals surface area contributed by atoms with Gasteiger partial charge in [-0.25, -0.2) is 9.18 Å². The van der Waals surface area contributed by atoms with Crippen LogP contribution in [0.5, 0.6) is 0 Å². The molecule has 2 N–H and O–H groups in total. The first-order chi connectivity index (χ1) is 13.4. The number of aromatic carboxylic acids is 1. The third kappa shape index (κ3) is 2.08. The number of carboxylic acids is 1. The Bertz CT molecular complexity index is 1370. The Balaban J connectivity index is 1.99. The summed E-state index contributed by atoms with van der Waals surface area (Å²) >= 11 is 1.17. The van der Waals surface area contributed by atoms with Gasteiger partial charge in [-0.1, -0.05) is 0 Å². The number of piperidine rings is 1. The molecular weight excluding hydrogens is 385 g/mol. The SMILES string of the molecule is CN=c1c2c(N3CCC(O)CC3)c(F)cc3c(=O)c(C(=O)O)c4scc1n4c32. The van der Waals surface area contributed by atoms with Gasteiger partial charge in [0.05, 0.1) is 39.0 Å². The minimum absolute atomic E-state index is 0.0431. The Morgan fingerprint density at radius 2 is 2.07 bits per heavy atom. The highest BCUT2D eigenvalue weighted by Gasteiger charge is 2.30. The highest BCUT2D eigenvalue weighted by molar-refractivity contribution is 7.16. The quantitative estimate of drug-likeness (QED) is 0.535. The summed E-state index contributed by atoms with van der Waals surface area (Å²) in [5.41, 5.74) is 0.491. The molecule has 28 heavy (non-hydrogen) atoms. The third-order valence-corrected chi connectivity index (χ3v) is 6.51. The van der Waals surface area contributed by atoms with Crippen molar-refractivity contribution in [1.82, 2.24) is 4.40 Å². The van der Waals surface area contributed by atoms with Crippen LogP contribution in [0.4, 0.5) is 10.1 Å². The van der Waals surface area contributed by atoms with Crippen molar-refractivity contribution >= 4 is 49.6 Å². The molecule has 0 unspecified atom stereocenters. The molecule has 0 atom stereocenters. The van der Waals surface area contributed by atoms with Crippen LogP contribution in [-0.2, 0) is 0 Å². The third-order valence-electron chi connectivity index (χ3n) is 5.56. The second-order valence-corrected chi connectivity index (χ2v) is 7.90. The number of aliphatic hydroxyl groups excluding tert-OH is 1. The molecule has 1 fully saturated rings. The Morgan fingerprint density at radius 3 is 2.71 bits per heavy atom. The molecule has 9 heteroatoms. The van der Waals surface area contributed by atoms with E-state index in [1.807, 2.05) is 4.90 Å². The fourth-order valence-electron chi connectivity index (χ4n) is 4.31. The lowest BCUT2D eigenvalue weighted by molar-refractivity contribution is 0.0697. The molecule has 4 heterocycles. The number of carboxylic acid groups (broad SMARTS) is 1. The molecule has 1 aromatic carbocycles. The van der Waals surface area contributed by atoms with Gasteiger partial charge < -0.3 is 15.1 Å². The summed E-state index contributed by atoms with van der Waals surface area (Å²) in [6, 6.07) is 1.14. The number of carbonyl (C=O) groups is 1. The zero-order chi connectivity index (χ0) is 19.7. The van der Waals surface area contributed by atoms with Gasteiger partial charge in [-0.15, -0.1) is 11.3 Å². The summed E-state index contributed by atoms with van der Waals surface area (Å²) in [6.07, 6.45) is 0.662. The van der Waals surface area contributed by atoms with Gasteiger partial charge in [0.1, 0.15) is 16.2 Å². The number of anilines is 1. The lowest BCUT2D eigenvalue weighted by Crippen LogP contribution is -2.36. The van der Waals surface area contributed by atoms with Crippen LogP contribution in [0.2, 0.25) is 0 Å². The number of hydrogen-bond acceptors (Lipinski definition) is 6. The van der Waals surface area contributed by atoms with Gasteiger partial charge in [0.25, 0.3) is 0 Å². The molecule has 5 rings (SSSR count). The van der Waals surface area contributed by atoms with Gasteiger partial charge in [-0.3, -0.25) is 14.2 Å². The van der Waals surface area contributed by atoms with E-state index in [4.69, 9.17) is 0 Å². The van der Waals surface area contributed by atoms with Crippen LogP contribution in [0.1, 0.15) is 23.2 Å². The molecule has 0 amide bonds. The van der Waals surface area contributed by atoms with Crippen molar-refractivity contribution in [2.24, 2.45) is 4.99 Å². The van der Waals surface area contributed by atoms with E-state index >= 15 is 4.39 Å². The molecule has 3 aromatic heterocycles. The van der Waals surface area contributed by atoms with Crippen molar-refractivity contribution in [3.05, 3.63) is 38.4 Å². The zero-order valence-electron chi connectivity index (χ0n) is 14.9. The van der Waals surface area contributed by atoms with Gasteiger partial charge in [0, 0.05) is 25.5 Å². The predicted octanol–water partition coefficient (Wildman–Crippen LogP) is 1.87. The van der Waals surface area contributed by atoms with Crippen LogP contribution >= 0.6 is 11.3 Å². The topological polar surface area (TPSA) is 94.6 Å². The van der Waals surface area contributed by atoms with E-state index in [0.717, 1.165) is 6.07 Å². The van der Waals surface area contributed by atoms with E-state index in [-0.39, 0.29) is 10.9 Å². The van der Waals surface area contributed by atoms with E-state index in [1.54, 1.807) is 16.8 Å². The Hall–Kier alpha value is -2.78. The molecule has 0 saturated carbocycles. The smallest absolute Gasteiger partial charge is 0.342 e. The lowest BCUT2D eigenvalue weighted by Gasteiger charge is -2.32. The number of aliphatic hydroxyl groups is 1. The van der Waals surface area contributed by atoms with Crippen molar-refractivity contribution in [3.63, 3.8) is 0 Å². The minimum Gasteiger partial charge on any atom is -0.477 e. The summed E-state index contributed by atoms with van der Waals surface area (Å²) in [7, 11) is 1.60. The standard InChI is InChI=1S/C19H16FN3O4S/c1-21-14-11-7-28-18-13(19(26)27)17(25)9-6-10(20)16(12(14)15(9)23(11)18)22-4-2-8(24)3-5-22/h6-8,24H,2-5H2,1H3,(H,26,27). The highest BCUT2D eigenvalue weighted by Crippen LogP contribution is 2.37. The number of hydrogen-bond donors (Lipinski definition) is 2. The highest BCUT2D eigenvalue weighted by atomic mass is 32.1. The number of aromatic nitrogens is 1. The average Bonchev–Trinajstić information content (AvgIpc) is 3.21. The van der Waals surface area contributed by atoms with E-state index in [0.29, 0.717) is 58.2 Å². The van der Waals surface area contributed by atoms with E-state index in [9.17, 15) is 19.8 Å². The number of thiazole rings is 1. The Morgan fingerprint density at radius 1 is 1.36 bits per heavy atom. The first-order valence-electron chi connectivity index (χ1n) is 8.90. The first kappa shape index (κ1) is 17.3. The maximum atomic E-state index is 15.3. The van der Waals surface area contributed by atoms with Crippen LogP contribution in [0, 0.1) is 5.82 Å². The largest absolute Gasteiger partial charge is 0.477 e. The maximum Gasteiger partial charge on any atom is 0.342 e. The molecule has 0 bridgehead atoms. The number of halogens is 1. The van der Waals surface area contributed by atoms with Crippen LogP contribution in [-0.4, -0.2) is 46.8 Å². The van der Waals surface area contributed by atoms with Gasteiger partial charge in [-0.05, 0) is 18.9 Å². The number of pyridine rings is 1. The molecule has 0 aliphatic carbocycles. The minimum atomic E-state index is -1.33. The van der Waals surface area contributed by atoms with Crippen LogP contribution in [0.3, 0.4) is 0 Å². The van der Waals surface area contributed by atoms with E-state index in [1.165, 1.54) is 11.3 Å². The fourth-order valence-corrected chi connectivity index (χ4v) is 5.35. The molecule has 144 valence electrons. The lowest BCUT2D eigenvalue weighted by atomic mass is 10.0. The van der Waals surface area contributed by atoms with E-state index < -0.39 is 23.3 Å². The molecule has 1 aliphatic rings. The molecular formula is C19H16FN3O4S. The van der Waals surface area contributed by atoms with Crippen LogP contribution in [0.25, 0.3) is 26.6 Å². The van der Waals surface area contributed by atoms with Crippen molar-refractivity contribution in [1.29, 1.82) is 0 Å². The second-order valence-electron chi connectivity index (χ2n) is 7.04. The van der Waals surface area contributed by atoms with Gasteiger partial charge in [0.15, 0.2) is 0 Å². The Labute approximate surface area is 161 Å². The zero-order valence-corrected chi connectivity index (χ0v) is 15.7. The summed E-state index contributed by atoms with van der Waals surface area (Å²) < 4.78 is 17.0. The molecule has 1 aliphatic heterocycles. The molecule has 4 aromatic rings. The van der Waals surface area contributed by atoms with Crippen molar-refractivity contribution in [3.8, 4) is 0 Å². The predicted molar refractivity (Wildman–Crippen MR) is 105 cm³/mol. The van der Waals surface area contributed by atoms with Crippen molar-refractivity contribution in [2.75, 3.05) is 25.0 Å². The second kappa shape index (κ2) is 5.86. The molecule has 0 spiro atoms. The summed E-state index contributed by atoms with van der Waals surface area (Å²) in [5, 5.41) is 22.2. The van der Waals surface area contributed by atoms with Crippen molar-refractivity contribution < 1.29 is 19.4 Å². The molecule has 7 nitrogen and oxygen atoms in total. The summed E-state index contributed by atoms with van der Waals surface area (Å²) in [5.74, 6) is -1.91. The molecule has 0 radical (unpaired) electrons.